The summed E-state index contributed by atoms with van der Waals surface area (Å²) >= 11 is 0. The summed E-state index contributed by atoms with van der Waals surface area (Å²) in [6, 6.07) is 8.33. The highest BCUT2D eigenvalue weighted by Gasteiger charge is 2.47. The van der Waals surface area contributed by atoms with Crippen LogP contribution in [0.5, 0.6) is 17.2 Å². The molecule has 2 N–H and O–H groups in total. The molecule has 0 aliphatic carbocycles. The number of hydrogen-bond acceptors (Lipinski definition) is 6. The van der Waals surface area contributed by atoms with Gasteiger partial charge in [0, 0.05) is 11.3 Å². The minimum atomic E-state index is -1.95. The molecule has 1 amide bonds. The van der Waals surface area contributed by atoms with Crippen LogP contribution in [0.15, 0.2) is 30.3 Å². The number of carbonyl (C=O) groups is 2. The maximum Gasteiger partial charge on any atom is 0.261 e. The van der Waals surface area contributed by atoms with Crippen molar-refractivity contribution in [1.82, 2.24) is 0 Å². The molecular formula is C20H21NO6. The Balaban J connectivity index is 2.02. The molecule has 1 aliphatic heterocycles. The lowest BCUT2D eigenvalue weighted by Crippen LogP contribution is -2.36. The molecule has 0 radical (unpaired) electrons. The minimum Gasteiger partial charge on any atom is -0.493 e. The van der Waals surface area contributed by atoms with E-state index in [-0.39, 0.29) is 17.1 Å². The van der Waals surface area contributed by atoms with Crippen LogP contribution in [0.25, 0.3) is 0 Å². The van der Waals surface area contributed by atoms with Crippen molar-refractivity contribution in [2.45, 2.75) is 18.9 Å². The number of fused-ring (bicyclic) bond motifs is 1. The zero-order valence-corrected chi connectivity index (χ0v) is 15.6. The lowest BCUT2D eigenvalue weighted by atomic mass is 9.87. The van der Waals surface area contributed by atoms with E-state index in [1.807, 2.05) is 13.0 Å². The SMILES string of the molecule is COc1ccc(C(=O)CC2(O)C(=O)Nc3ccc(C)cc32)c(OC)c1OC. The summed E-state index contributed by atoms with van der Waals surface area (Å²) in [7, 11) is 4.32. The number of rotatable bonds is 6. The number of hydrogen-bond donors (Lipinski definition) is 2. The van der Waals surface area contributed by atoms with Gasteiger partial charge in [-0.2, -0.15) is 0 Å². The first-order valence-corrected chi connectivity index (χ1v) is 8.32. The van der Waals surface area contributed by atoms with Crippen molar-refractivity contribution in [3.63, 3.8) is 0 Å². The zero-order valence-electron chi connectivity index (χ0n) is 15.6. The van der Waals surface area contributed by atoms with Crippen molar-refractivity contribution in [3.8, 4) is 17.2 Å². The topological polar surface area (TPSA) is 94.1 Å². The van der Waals surface area contributed by atoms with E-state index in [4.69, 9.17) is 14.2 Å². The monoisotopic (exact) mass is 371 g/mol. The van der Waals surface area contributed by atoms with Crippen LogP contribution in [-0.2, 0) is 10.4 Å². The van der Waals surface area contributed by atoms with E-state index in [0.29, 0.717) is 17.0 Å². The quantitative estimate of drug-likeness (QED) is 0.758. The van der Waals surface area contributed by atoms with Gasteiger partial charge < -0.3 is 24.6 Å². The van der Waals surface area contributed by atoms with Gasteiger partial charge in [0.05, 0.1) is 33.3 Å². The normalized spacial score (nSPS) is 17.9. The van der Waals surface area contributed by atoms with Crippen LogP contribution < -0.4 is 19.5 Å². The second-order valence-electron chi connectivity index (χ2n) is 6.35. The molecule has 0 fully saturated rings. The number of benzene rings is 2. The molecule has 2 aromatic carbocycles. The van der Waals surface area contributed by atoms with Crippen molar-refractivity contribution >= 4 is 17.4 Å². The fourth-order valence-corrected chi connectivity index (χ4v) is 3.28. The maximum atomic E-state index is 13.0. The number of amides is 1. The highest BCUT2D eigenvalue weighted by molar-refractivity contribution is 6.10. The smallest absolute Gasteiger partial charge is 0.261 e. The molecule has 142 valence electrons. The van der Waals surface area contributed by atoms with Gasteiger partial charge in [-0.25, -0.2) is 0 Å². The van der Waals surface area contributed by atoms with Crippen LogP contribution in [0.2, 0.25) is 0 Å². The van der Waals surface area contributed by atoms with Crippen molar-refractivity contribution < 1.29 is 28.9 Å². The van der Waals surface area contributed by atoms with Crippen molar-refractivity contribution in [1.29, 1.82) is 0 Å². The molecule has 1 heterocycles. The predicted molar refractivity (Wildman–Crippen MR) is 98.8 cm³/mol. The Morgan fingerprint density at radius 1 is 1.07 bits per heavy atom. The molecule has 1 unspecified atom stereocenters. The van der Waals surface area contributed by atoms with E-state index in [2.05, 4.69) is 5.32 Å². The Morgan fingerprint density at radius 2 is 1.78 bits per heavy atom. The Hall–Kier alpha value is -3.06. The molecule has 0 bridgehead atoms. The predicted octanol–water partition coefficient (Wildman–Crippen LogP) is 2.43. The Kier molecular flexibility index (Phi) is 4.80. The van der Waals surface area contributed by atoms with Gasteiger partial charge in [-0.05, 0) is 25.1 Å². The van der Waals surface area contributed by atoms with Gasteiger partial charge in [0.1, 0.15) is 0 Å². The van der Waals surface area contributed by atoms with E-state index < -0.39 is 23.7 Å². The summed E-state index contributed by atoms with van der Waals surface area (Å²) in [6.07, 6.45) is -0.429. The van der Waals surface area contributed by atoms with Gasteiger partial charge in [-0.15, -0.1) is 0 Å². The highest BCUT2D eigenvalue weighted by Crippen LogP contribution is 2.43. The summed E-state index contributed by atoms with van der Waals surface area (Å²) in [5.41, 5.74) is 0.00846. The zero-order chi connectivity index (χ0) is 19.8. The number of Topliss-reactive ketones (excluding diaryl/α,β-unsaturated/α-hetero) is 1. The van der Waals surface area contributed by atoms with Crippen LogP contribution in [0.3, 0.4) is 0 Å². The van der Waals surface area contributed by atoms with Gasteiger partial charge in [-0.3, -0.25) is 9.59 Å². The van der Waals surface area contributed by atoms with E-state index in [0.717, 1.165) is 5.56 Å². The van der Waals surface area contributed by atoms with E-state index in [1.54, 1.807) is 18.2 Å². The number of aryl methyl sites for hydroxylation is 1. The van der Waals surface area contributed by atoms with E-state index >= 15 is 0 Å². The first-order valence-electron chi connectivity index (χ1n) is 8.32. The van der Waals surface area contributed by atoms with E-state index in [1.165, 1.54) is 27.4 Å². The number of anilines is 1. The summed E-state index contributed by atoms with van der Waals surface area (Å²) in [5, 5.41) is 13.7. The first-order chi connectivity index (χ1) is 12.8. The molecule has 3 rings (SSSR count). The van der Waals surface area contributed by atoms with Crippen molar-refractivity contribution in [2.75, 3.05) is 26.6 Å². The summed E-state index contributed by atoms with van der Waals surface area (Å²) < 4.78 is 15.8. The fourth-order valence-electron chi connectivity index (χ4n) is 3.28. The van der Waals surface area contributed by atoms with Gasteiger partial charge >= 0.3 is 0 Å². The van der Waals surface area contributed by atoms with Crippen LogP contribution in [-0.4, -0.2) is 38.1 Å². The molecule has 0 saturated heterocycles. The van der Waals surface area contributed by atoms with Gasteiger partial charge in [-0.1, -0.05) is 17.7 Å². The van der Waals surface area contributed by atoms with Crippen LogP contribution in [0.4, 0.5) is 5.69 Å². The Bertz CT molecular complexity index is 923. The number of carbonyl (C=O) groups excluding carboxylic acids is 2. The second-order valence-corrected chi connectivity index (χ2v) is 6.35. The highest BCUT2D eigenvalue weighted by atomic mass is 16.5. The molecule has 7 nitrogen and oxygen atoms in total. The average molecular weight is 371 g/mol. The molecule has 1 atom stereocenters. The van der Waals surface area contributed by atoms with Crippen LogP contribution >= 0.6 is 0 Å². The number of ketones is 1. The molecule has 7 heteroatoms. The van der Waals surface area contributed by atoms with Gasteiger partial charge in [0.15, 0.2) is 22.9 Å². The lowest BCUT2D eigenvalue weighted by Gasteiger charge is -2.21. The molecule has 0 spiro atoms. The van der Waals surface area contributed by atoms with Gasteiger partial charge in [0.2, 0.25) is 5.75 Å². The third-order valence-electron chi connectivity index (χ3n) is 4.67. The maximum absolute atomic E-state index is 13.0. The fraction of sp³-hybridized carbons (Fsp3) is 0.300. The Morgan fingerprint density at radius 3 is 2.41 bits per heavy atom. The number of aliphatic hydroxyl groups is 1. The van der Waals surface area contributed by atoms with Gasteiger partial charge in [0.25, 0.3) is 5.91 Å². The first kappa shape index (κ1) is 18.7. The third-order valence-corrected chi connectivity index (χ3v) is 4.67. The van der Waals surface area contributed by atoms with Crippen LogP contribution in [0, 0.1) is 6.92 Å². The molecule has 27 heavy (non-hydrogen) atoms. The van der Waals surface area contributed by atoms with E-state index in [9.17, 15) is 14.7 Å². The van der Waals surface area contributed by atoms with Crippen molar-refractivity contribution in [2.24, 2.45) is 0 Å². The number of nitrogens with one attached hydrogen (secondary N) is 1. The van der Waals surface area contributed by atoms with Crippen molar-refractivity contribution in [3.05, 3.63) is 47.0 Å². The molecule has 0 saturated carbocycles. The lowest BCUT2D eigenvalue weighted by molar-refractivity contribution is -0.133. The molecule has 2 aromatic rings. The average Bonchev–Trinajstić information content (AvgIpc) is 2.90. The number of ether oxygens (including phenoxy) is 3. The Labute approximate surface area is 156 Å². The minimum absolute atomic E-state index is 0.188. The largest absolute Gasteiger partial charge is 0.493 e. The molecule has 1 aliphatic rings. The molecular weight excluding hydrogens is 350 g/mol. The molecule has 0 aromatic heterocycles. The standard InChI is InChI=1S/C20H21NO6/c1-11-5-7-14-13(9-11)20(24,19(23)21-14)10-15(22)12-6-8-16(25-2)18(27-4)17(12)26-3/h5-9,24H,10H2,1-4H3,(H,21,23). The summed E-state index contributed by atoms with van der Waals surface area (Å²) in [4.78, 5) is 25.4. The second kappa shape index (κ2) is 6.92. The third kappa shape index (κ3) is 3.00. The van der Waals surface area contributed by atoms with Crippen LogP contribution in [0.1, 0.15) is 27.9 Å². The summed E-state index contributed by atoms with van der Waals surface area (Å²) in [5.74, 6) is -0.224. The number of methoxy groups -OCH3 is 3. The summed E-state index contributed by atoms with van der Waals surface area (Å²) in [6.45, 7) is 1.85.